The van der Waals surface area contributed by atoms with Crippen LogP contribution in [-0.4, -0.2) is 29.4 Å². The average Bonchev–Trinajstić information content (AvgIpc) is 2.78. The van der Waals surface area contributed by atoms with Crippen LogP contribution in [0, 0.1) is 0 Å². The number of halogens is 6. The number of hydrogen-bond donors (Lipinski definition) is 1. The van der Waals surface area contributed by atoms with Crippen LogP contribution in [0.1, 0.15) is 42.0 Å². The molecule has 0 radical (unpaired) electrons. The number of nitrogens with zero attached hydrogens (tertiary/aromatic N) is 3. The van der Waals surface area contributed by atoms with Gasteiger partial charge >= 0.3 is 18.4 Å². The summed E-state index contributed by atoms with van der Waals surface area (Å²) in [7, 11) is 0. The second-order valence-corrected chi connectivity index (χ2v) is 6.94. The van der Waals surface area contributed by atoms with E-state index in [0.717, 1.165) is 60.0 Å². The molecule has 0 unspecified atom stereocenters. The fraction of sp³-hybridized carbons (Fsp3) is 0.286. The van der Waals surface area contributed by atoms with Crippen LogP contribution in [0.4, 0.5) is 31.1 Å². The van der Waals surface area contributed by atoms with Crippen molar-refractivity contribution >= 4 is 17.8 Å². The van der Waals surface area contributed by atoms with E-state index in [-0.39, 0.29) is 29.4 Å². The Kier molecular flexibility index (Phi) is 6.94. The predicted octanol–water partition coefficient (Wildman–Crippen LogP) is 5.59. The van der Waals surface area contributed by atoms with E-state index >= 15 is 0 Å². The molecule has 1 aliphatic heterocycles. The van der Waals surface area contributed by atoms with E-state index in [1.54, 1.807) is 0 Å². The monoisotopic (exact) mass is 472 g/mol. The first kappa shape index (κ1) is 24.1. The lowest BCUT2D eigenvalue weighted by Crippen LogP contribution is -2.52. The number of hydrogen-bond acceptors (Lipinski definition) is 5. The maximum Gasteiger partial charge on any atom is 0.435 e. The number of unbranched alkanes of at least 4 members (excludes halogenated alkanes) is 1. The van der Waals surface area contributed by atoms with Gasteiger partial charge < -0.3 is 4.74 Å². The summed E-state index contributed by atoms with van der Waals surface area (Å²) in [4.78, 5) is 12.6. The Balaban J connectivity index is 1.93. The summed E-state index contributed by atoms with van der Waals surface area (Å²) in [6, 6.07) is 7.88. The van der Waals surface area contributed by atoms with Crippen LogP contribution in [-0.2, 0) is 17.1 Å². The van der Waals surface area contributed by atoms with Crippen molar-refractivity contribution in [3.8, 4) is 0 Å². The van der Waals surface area contributed by atoms with Gasteiger partial charge in [0.1, 0.15) is 0 Å². The maximum atomic E-state index is 12.9. The molecule has 1 amide bonds. The average molecular weight is 472 g/mol. The zero-order chi connectivity index (χ0) is 24.2. The van der Waals surface area contributed by atoms with Crippen LogP contribution in [0.2, 0.25) is 0 Å². The van der Waals surface area contributed by atoms with Crippen LogP contribution >= 0.6 is 0 Å². The Bertz CT molecular complexity index is 1040. The van der Waals surface area contributed by atoms with E-state index in [0.29, 0.717) is 6.42 Å². The summed E-state index contributed by atoms with van der Waals surface area (Å²) in [6.07, 6.45) is -8.65. The van der Waals surface area contributed by atoms with Gasteiger partial charge in [-0.05, 0) is 30.7 Å². The fourth-order valence-corrected chi connectivity index (χ4v) is 2.76. The zero-order valence-corrected chi connectivity index (χ0v) is 17.2. The first-order chi connectivity index (χ1) is 15.5. The number of carbonyl (C=O) groups excluding carboxylic acids is 1. The molecule has 1 heterocycles. The van der Waals surface area contributed by atoms with Crippen molar-refractivity contribution in [3.63, 3.8) is 0 Å². The number of nitrogens with one attached hydrogen (secondary N) is 1. The molecule has 0 aliphatic carbocycles. The fourth-order valence-electron chi connectivity index (χ4n) is 2.76. The van der Waals surface area contributed by atoms with E-state index in [2.05, 4.69) is 15.6 Å². The van der Waals surface area contributed by atoms with Crippen LogP contribution in [0.25, 0.3) is 0 Å². The van der Waals surface area contributed by atoms with Gasteiger partial charge in [-0.25, -0.2) is 4.79 Å². The second kappa shape index (κ2) is 9.51. The van der Waals surface area contributed by atoms with Crippen LogP contribution in [0.15, 0.2) is 58.7 Å². The van der Waals surface area contributed by atoms with Gasteiger partial charge in [0.05, 0.1) is 17.7 Å². The predicted molar refractivity (Wildman–Crippen MR) is 107 cm³/mol. The molecular weight excluding hydrogens is 454 g/mol. The van der Waals surface area contributed by atoms with Crippen molar-refractivity contribution in [2.24, 2.45) is 10.2 Å². The minimum atomic E-state index is -4.54. The third-order valence-electron chi connectivity index (χ3n) is 4.54. The van der Waals surface area contributed by atoms with Gasteiger partial charge in [-0.15, -0.1) is 10.2 Å². The number of amides is 1. The quantitative estimate of drug-likeness (QED) is 0.456. The molecule has 0 atom stereocenters. The Morgan fingerprint density at radius 2 is 1.39 bits per heavy atom. The molecule has 1 N–H and O–H groups in total. The van der Waals surface area contributed by atoms with Gasteiger partial charge in [-0.2, -0.15) is 31.4 Å². The van der Waals surface area contributed by atoms with Gasteiger partial charge in [0.15, 0.2) is 11.7 Å². The first-order valence-electron chi connectivity index (χ1n) is 9.75. The van der Waals surface area contributed by atoms with Crippen molar-refractivity contribution in [3.05, 3.63) is 70.8 Å². The highest BCUT2D eigenvalue weighted by atomic mass is 19.4. The number of carbonyl (C=O) groups is 1. The summed E-state index contributed by atoms with van der Waals surface area (Å²) in [6.45, 7) is 1.97. The SMILES string of the molecule is CCCCOC(=O)N1NC(c2ccc(C(F)(F)F)cc2)=NN=C1c1ccc(C(F)(F)F)cc1. The molecule has 2 aromatic rings. The maximum absolute atomic E-state index is 12.9. The topological polar surface area (TPSA) is 66.3 Å². The highest BCUT2D eigenvalue weighted by Crippen LogP contribution is 2.30. The highest BCUT2D eigenvalue weighted by molar-refractivity contribution is 6.11. The standard InChI is InChI=1S/C21H18F6N4O2/c1-2-3-12-33-19(32)31-18(14-6-10-16(11-7-14)21(25,26)27)29-28-17(30-31)13-4-8-15(9-5-13)20(22,23)24/h4-11H,2-3,12H2,1H3,(H,28,30). The highest BCUT2D eigenvalue weighted by Gasteiger charge is 2.33. The Hall–Kier alpha value is -3.57. The first-order valence-corrected chi connectivity index (χ1v) is 9.75. The number of benzene rings is 2. The molecule has 176 valence electrons. The lowest BCUT2D eigenvalue weighted by atomic mass is 10.1. The summed E-state index contributed by atoms with van der Waals surface area (Å²) in [5.74, 6) is -0.187. The Labute approximate surface area is 184 Å². The molecule has 0 spiro atoms. The summed E-state index contributed by atoms with van der Waals surface area (Å²) in [5.41, 5.74) is 1.20. The zero-order valence-electron chi connectivity index (χ0n) is 17.2. The minimum absolute atomic E-state index is 0.0492. The molecule has 3 rings (SSSR count). The summed E-state index contributed by atoms with van der Waals surface area (Å²) in [5, 5.41) is 8.65. The van der Waals surface area contributed by atoms with Crippen molar-refractivity contribution in [2.75, 3.05) is 6.61 Å². The number of alkyl halides is 6. The molecule has 0 aromatic heterocycles. The lowest BCUT2D eigenvalue weighted by molar-refractivity contribution is -0.138. The number of hydrazine groups is 1. The molecule has 0 saturated carbocycles. The lowest BCUT2D eigenvalue weighted by Gasteiger charge is -2.27. The third kappa shape index (κ3) is 5.82. The van der Waals surface area contributed by atoms with Crippen molar-refractivity contribution in [1.29, 1.82) is 0 Å². The Morgan fingerprint density at radius 1 is 0.879 bits per heavy atom. The molecular formula is C21H18F6N4O2. The van der Waals surface area contributed by atoms with Crippen LogP contribution < -0.4 is 5.43 Å². The van der Waals surface area contributed by atoms with E-state index < -0.39 is 29.6 Å². The van der Waals surface area contributed by atoms with Gasteiger partial charge in [-0.1, -0.05) is 37.6 Å². The minimum Gasteiger partial charge on any atom is -0.448 e. The van der Waals surface area contributed by atoms with Crippen molar-refractivity contribution in [2.45, 2.75) is 32.1 Å². The molecule has 0 saturated heterocycles. The van der Waals surface area contributed by atoms with Gasteiger partial charge in [-0.3, -0.25) is 5.43 Å². The second-order valence-electron chi connectivity index (χ2n) is 6.94. The largest absolute Gasteiger partial charge is 0.448 e. The van der Waals surface area contributed by atoms with Gasteiger partial charge in [0.25, 0.3) is 0 Å². The number of ether oxygens (including phenoxy) is 1. The summed E-state index contributed by atoms with van der Waals surface area (Å²) >= 11 is 0. The number of rotatable bonds is 5. The van der Waals surface area contributed by atoms with Gasteiger partial charge in [0, 0.05) is 11.1 Å². The van der Waals surface area contributed by atoms with Gasteiger partial charge in [0.2, 0.25) is 0 Å². The van der Waals surface area contributed by atoms with E-state index in [1.807, 2.05) is 6.92 Å². The molecule has 33 heavy (non-hydrogen) atoms. The number of amidine groups is 2. The molecule has 12 heteroatoms. The molecule has 6 nitrogen and oxygen atoms in total. The van der Waals surface area contributed by atoms with E-state index in [9.17, 15) is 31.1 Å². The molecule has 0 bridgehead atoms. The smallest absolute Gasteiger partial charge is 0.435 e. The normalized spacial score (nSPS) is 14.3. The van der Waals surface area contributed by atoms with Crippen LogP contribution in [0.3, 0.4) is 0 Å². The van der Waals surface area contributed by atoms with E-state index in [1.165, 1.54) is 0 Å². The van der Waals surface area contributed by atoms with Crippen LogP contribution in [0.5, 0.6) is 0 Å². The Morgan fingerprint density at radius 3 is 1.88 bits per heavy atom. The van der Waals surface area contributed by atoms with Crippen molar-refractivity contribution in [1.82, 2.24) is 10.4 Å². The van der Waals surface area contributed by atoms with Crippen molar-refractivity contribution < 1.29 is 35.9 Å². The van der Waals surface area contributed by atoms with E-state index in [4.69, 9.17) is 4.74 Å². The molecule has 1 aliphatic rings. The molecule has 2 aromatic carbocycles. The third-order valence-corrected chi connectivity index (χ3v) is 4.54. The molecule has 0 fully saturated rings. The summed E-state index contributed by atoms with van der Waals surface area (Å²) < 4.78 is 82.2.